The zero-order chi connectivity index (χ0) is 39.6. The first-order valence-electron chi connectivity index (χ1n) is 20.2. The molecule has 0 radical (unpaired) electrons. The van der Waals surface area contributed by atoms with Crippen LogP contribution in [0.15, 0.2) is 212 Å². The van der Waals surface area contributed by atoms with Gasteiger partial charge in [0.2, 0.25) is 0 Å². The SMILES string of the molecule is c1ccc(-c2nc3cc(-c4cccc(-c5ccc(N(c6ccc7c(c6)sc6ccccc67)c6ccc7c(c6)sc6ccccc67)cc5)c4)ccc3n2-c2ccccc2)cc1. The summed E-state index contributed by atoms with van der Waals surface area (Å²) in [6, 6.07) is 76.8. The molecule has 5 heteroatoms. The van der Waals surface area contributed by atoms with Crippen molar-refractivity contribution in [2.24, 2.45) is 0 Å². The van der Waals surface area contributed by atoms with E-state index in [1.54, 1.807) is 0 Å². The molecule has 0 atom stereocenters. The Labute approximate surface area is 355 Å². The molecule has 3 heterocycles. The second-order valence-corrected chi connectivity index (χ2v) is 17.4. The van der Waals surface area contributed by atoms with Gasteiger partial charge in [-0.1, -0.05) is 133 Å². The maximum Gasteiger partial charge on any atom is 0.145 e. The van der Waals surface area contributed by atoms with Crippen molar-refractivity contribution in [3.63, 3.8) is 0 Å². The summed E-state index contributed by atoms with van der Waals surface area (Å²) in [5, 5.41) is 5.23. The number of rotatable bonds is 7. The predicted octanol–water partition coefficient (Wildman–Crippen LogP) is 16.2. The first kappa shape index (κ1) is 34.7. The standard InChI is InChI=1S/C55H35N3S2/c1-3-12-37(13-4-1)55-56-49-33-40(24-31-50(49)58(55)41-16-5-2-6-17-41)39-15-11-14-38(32-39)36-22-25-42(26-23-36)57(43-27-29-47-45-18-7-9-20-51(45)59-53(47)34-43)44-28-30-48-46-19-8-10-21-52(46)60-54(48)35-44/h1-35H. The Hall–Kier alpha value is -7.31. The Bertz CT molecular complexity index is 3430. The van der Waals surface area contributed by atoms with E-state index in [4.69, 9.17) is 4.98 Å². The van der Waals surface area contributed by atoms with E-state index in [2.05, 4.69) is 216 Å². The fourth-order valence-corrected chi connectivity index (χ4v) is 11.0. The minimum atomic E-state index is 0.935. The highest BCUT2D eigenvalue weighted by atomic mass is 32.1. The minimum absolute atomic E-state index is 0.935. The molecular weight excluding hydrogens is 767 g/mol. The highest BCUT2D eigenvalue weighted by molar-refractivity contribution is 7.26. The third-order valence-electron chi connectivity index (χ3n) is 11.6. The van der Waals surface area contributed by atoms with Gasteiger partial charge in [0.15, 0.2) is 0 Å². The number of anilines is 3. The van der Waals surface area contributed by atoms with Crippen LogP contribution in [0.2, 0.25) is 0 Å². The van der Waals surface area contributed by atoms with Crippen LogP contribution in [0.3, 0.4) is 0 Å². The van der Waals surface area contributed by atoms with Crippen molar-refractivity contribution in [1.29, 1.82) is 0 Å². The van der Waals surface area contributed by atoms with Crippen molar-refractivity contribution in [3.05, 3.63) is 212 Å². The molecule has 0 saturated heterocycles. The molecule has 3 nitrogen and oxygen atoms in total. The van der Waals surface area contributed by atoms with Gasteiger partial charge in [0, 0.05) is 68.7 Å². The lowest BCUT2D eigenvalue weighted by molar-refractivity contribution is 1.10. The topological polar surface area (TPSA) is 21.1 Å². The van der Waals surface area contributed by atoms with Crippen LogP contribution in [-0.2, 0) is 0 Å². The van der Waals surface area contributed by atoms with Crippen LogP contribution in [0.4, 0.5) is 17.1 Å². The lowest BCUT2D eigenvalue weighted by atomic mass is 9.98. The summed E-state index contributed by atoms with van der Waals surface area (Å²) in [5.74, 6) is 0.935. The third kappa shape index (κ3) is 5.90. The second kappa shape index (κ2) is 14.2. The number of imidazole rings is 1. The third-order valence-corrected chi connectivity index (χ3v) is 13.9. The van der Waals surface area contributed by atoms with Gasteiger partial charge in [-0.2, -0.15) is 0 Å². The summed E-state index contributed by atoms with van der Waals surface area (Å²) in [4.78, 5) is 7.62. The molecule has 0 N–H and O–H groups in total. The zero-order valence-corrected chi connectivity index (χ0v) is 34.0. The lowest BCUT2D eigenvalue weighted by Crippen LogP contribution is -2.09. The zero-order valence-electron chi connectivity index (χ0n) is 32.4. The molecule has 3 aromatic heterocycles. The maximum absolute atomic E-state index is 5.22. The molecule has 12 rings (SSSR count). The van der Waals surface area contributed by atoms with E-state index >= 15 is 0 Å². The Morgan fingerprint density at radius 2 is 0.850 bits per heavy atom. The number of para-hydroxylation sites is 1. The van der Waals surface area contributed by atoms with Crippen LogP contribution in [0.5, 0.6) is 0 Å². The Balaban J connectivity index is 0.924. The smallest absolute Gasteiger partial charge is 0.145 e. The summed E-state index contributed by atoms with van der Waals surface area (Å²) < 4.78 is 7.46. The fraction of sp³-hybridized carbons (Fsp3) is 0. The molecule has 9 aromatic carbocycles. The quantitative estimate of drug-likeness (QED) is 0.160. The summed E-state index contributed by atoms with van der Waals surface area (Å²) in [6.07, 6.45) is 0. The molecule has 0 spiro atoms. The van der Waals surface area contributed by atoms with E-state index in [1.165, 1.54) is 51.5 Å². The molecule has 0 aliphatic carbocycles. The van der Waals surface area contributed by atoms with Crippen molar-refractivity contribution in [2.45, 2.75) is 0 Å². The number of thiophene rings is 2. The van der Waals surface area contributed by atoms with Gasteiger partial charge in [-0.15, -0.1) is 22.7 Å². The average Bonchev–Trinajstić information content (AvgIpc) is 4.01. The van der Waals surface area contributed by atoms with Crippen molar-refractivity contribution in [1.82, 2.24) is 9.55 Å². The van der Waals surface area contributed by atoms with Crippen molar-refractivity contribution < 1.29 is 0 Å². The maximum atomic E-state index is 5.22. The summed E-state index contributed by atoms with van der Waals surface area (Å²) in [5.41, 5.74) is 12.3. The van der Waals surface area contributed by atoms with Crippen LogP contribution < -0.4 is 4.90 Å². The van der Waals surface area contributed by atoms with E-state index in [0.29, 0.717) is 0 Å². The van der Waals surface area contributed by atoms with Gasteiger partial charge in [0.1, 0.15) is 5.82 Å². The molecule has 282 valence electrons. The largest absolute Gasteiger partial charge is 0.310 e. The van der Waals surface area contributed by atoms with Crippen LogP contribution in [0.1, 0.15) is 0 Å². The monoisotopic (exact) mass is 801 g/mol. The number of hydrogen-bond donors (Lipinski definition) is 0. The van der Waals surface area contributed by atoms with E-state index < -0.39 is 0 Å². The first-order valence-corrected chi connectivity index (χ1v) is 21.8. The van der Waals surface area contributed by atoms with Gasteiger partial charge < -0.3 is 4.90 Å². The number of hydrogen-bond acceptors (Lipinski definition) is 4. The number of aromatic nitrogens is 2. The lowest BCUT2D eigenvalue weighted by Gasteiger charge is -2.26. The van der Waals surface area contributed by atoms with Gasteiger partial charge in [-0.05, 0) is 101 Å². The number of benzene rings is 9. The van der Waals surface area contributed by atoms with E-state index in [-0.39, 0.29) is 0 Å². The Morgan fingerprint density at radius 1 is 0.350 bits per heavy atom. The molecule has 0 bridgehead atoms. The molecule has 12 aromatic rings. The van der Waals surface area contributed by atoms with Gasteiger partial charge in [-0.3, -0.25) is 4.57 Å². The van der Waals surface area contributed by atoms with Crippen LogP contribution in [0.25, 0.3) is 90.7 Å². The summed E-state index contributed by atoms with van der Waals surface area (Å²) in [6.45, 7) is 0. The number of fused-ring (bicyclic) bond motifs is 7. The second-order valence-electron chi connectivity index (χ2n) is 15.2. The molecule has 0 unspecified atom stereocenters. The van der Waals surface area contributed by atoms with Crippen LogP contribution in [0, 0.1) is 0 Å². The van der Waals surface area contributed by atoms with Crippen LogP contribution >= 0.6 is 22.7 Å². The highest BCUT2D eigenvalue weighted by Crippen LogP contribution is 2.44. The first-order chi connectivity index (χ1) is 29.7. The Morgan fingerprint density at radius 3 is 1.50 bits per heavy atom. The van der Waals surface area contributed by atoms with E-state index in [9.17, 15) is 0 Å². The van der Waals surface area contributed by atoms with E-state index in [1.807, 2.05) is 28.7 Å². The van der Waals surface area contributed by atoms with Gasteiger partial charge >= 0.3 is 0 Å². The molecule has 0 fully saturated rings. The highest BCUT2D eigenvalue weighted by Gasteiger charge is 2.18. The van der Waals surface area contributed by atoms with Crippen molar-refractivity contribution in [3.8, 4) is 39.3 Å². The normalized spacial score (nSPS) is 11.7. The van der Waals surface area contributed by atoms with Gasteiger partial charge in [0.25, 0.3) is 0 Å². The minimum Gasteiger partial charge on any atom is -0.310 e. The molecule has 0 aliphatic rings. The van der Waals surface area contributed by atoms with Crippen molar-refractivity contribution in [2.75, 3.05) is 4.90 Å². The van der Waals surface area contributed by atoms with Gasteiger partial charge in [-0.25, -0.2) is 4.98 Å². The molecule has 0 saturated carbocycles. The van der Waals surface area contributed by atoms with Crippen molar-refractivity contribution >= 4 is 91.1 Å². The molecule has 0 amide bonds. The summed E-state index contributed by atoms with van der Waals surface area (Å²) >= 11 is 3.72. The average molecular weight is 802 g/mol. The number of nitrogens with zero attached hydrogens (tertiary/aromatic N) is 3. The molecule has 60 heavy (non-hydrogen) atoms. The molecular formula is C55H35N3S2. The molecule has 0 aliphatic heterocycles. The fourth-order valence-electron chi connectivity index (χ4n) is 8.71. The predicted molar refractivity (Wildman–Crippen MR) is 258 cm³/mol. The Kier molecular flexibility index (Phi) is 8.22. The van der Waals surface area contributed by atoms with Gasteiger partial charge in [0.05, 0.1) is 11.0 Å². The van der Waals surface area contributed by atoms with E-state index in [0.717, 1.165) is 56.3 Å². The summed E-state index contributed by atoms with van der Waals surface area (Å²) in [7, 11) is 0. The van der Waals surface area contributed by atoms with Crippen LogP contribution in [-0.4, -0.2) is 9.55 Å².